The molecule has 0 unspecified atom stereocenters. The van der Waals surface area contributed by atoms with Crippen molar-refractivity contribution in [2.24, 2.45) is 0 Å². The van der Waals surface area contributed by atoms with Crippen LogP contribution in [0.2, 0.25) is 0 Å². The van der Waals surface area contributed by atoms with E-state index in [1.54, 1.807) is 0 Å². The molecule has 16 heavy (non-hydrogen) atoms. The fraction of sp³-hybridized carbons (Fsp3) is 0.615. The standard InChI is InChI=1S/C13H21N3/c1-13(14-2)5-8-16(9-6-13)11-12-4-3-7-15-10-12/h3-4,7,10,14H,5-6,8-9,11H2,1-2H3. The lowest BCUT2D eigenvalue weighted by Crippen LogP contribution is -2.49. The highest BCUT2D eigenvalue weighted by Gasteiger charge is 2.27. The summed E-state index contributed by atoms with van der Waals surface area (Å²) in [6.07, 6.45) is 6.25. The highest BCUT2D eigenvalue weighted by atomic mass is 15.1. The quantitative estimate of drug-likeness (QED) is 0.838. The van der Waals surface area contributed by atoms with E-state index in [2.05, 4.69) is 35.2 Å². The molecule has 0 amide bonds. The molecule has 1 saturated heterocycles. The fourth-order valence-corrected chi connectivity index (χ4v) is 2.20. The van der Waals surface area contributed by atoms with Crippen molar-refractivity contribution < 1.29 is 0 Å². The molecule has 0 aromatic carbocycles. The van der Waals surface area contributed by atoms with Gasteiger partial charge in [-0.25, -0.2) is 0 Å². The average molecular weight is 219 g/mol. The first-order valence-corrected chi connectivity index (χ1v) is 6.02. The van der Waals surface area contributed by atoms with E-state index < -0.39 is 0 Å². The fourth-order valence-electron chi connectivity index (χ4n) is 2.20. The van der Waals surface area contributed by atoms with Crippen molar-refractivity contribution >= 4 is 0 Å². The van der Waals surface area contributed by atoms with E-state index in [1.165, 1.54) is 31.5 Å². The van der Waals surface area contributed by atoms with Crippen molar-refractivity contribution in [2.45, 2.75) is 31.8 Å². The van der Waals surface area contributed by atoms with Gasteiger partial charge in [0.1, 0.15) is 0 Å². The maximum atomic E-state index is 4.16. The van der Waals surface area contributed by atoms with Crippen molar-refractivity contribution in [1.82, 2.24) is 15.2 Å². The molecule has 0 atom stereocenters. The van der Waals surface area contributed by atoms with Gasteiger partial charge in [-0.1, -0.05) is 6.07 Å². The topological polar surface area (TPSA) is 28.2 Å². The van der Waals surface area contributed by atoms with Crippen molar-refractivity contribution in [3.8, 4) is 0 Å². The van der Waals surface area contributed by atoms with Crippen LogP contribution in [0.1, 0.15) is 25.3 Å². The molecule has 1 aromatic rings. The minimum atomic E-state index is 0.339. The number of pyridine rings is 1. The third kappa shape index (κ3) is 2.80. The molecule has 0 saturated carbocycles. The normalized spacial score (nSPS) is 20.9. The lowest BCUT2D eigenvalue weighted by Gasteiger charge is -2.39. The van der Waals surface area contributed by atoms with Crippen molar-refractivity contribution in [3.63, 3.8) is 0 Å². The number of hydrogen-bond donors (Lipinski definition) is 1. The van der Waals surface area contributed by atoms with Crippen molar-refractivity contribution in [1.29, 1.82) is 0 Å². The number of rotatable bonds is 3. The van der Waals surface area contributed by atoms with Crippen molar-refractivity contribution in [3.05, 3.63) is 30.1 Å². The summed E-state index contributed by atoms with van der Waals surface area (Å²) in [5.74, 6) is 0. The molecule has 3 heteroatoms. The Morgan fingerprint density at radius 2 is 2.19 bits per heavy atom. The minimum Gasteiger partial charge on any atom is -0.314 e. The van der Waals surface area contributed by atoms with Gasteiger partial charge in [0.15, 0.2) is 0 Å². The van der Waals surface area contributed by atoms with Crippen LogP contribution in [0.3, 0.4) is 0 Å². The van der Waals surface area contributed by atoms with Gasteiger partial charge in [-0.2, -0.15) is 0 Å². The predicted molar refractivity (Wildman–Crippen MR) is 66.2 cm³/mol. The molecule has 1 aliphatic rings. The summed E-state index contributed by atoms with van der Waals surface area (Å²) in [5, 5.41) is 3.43. The molecule has 2 rings (SSSR count). The lowest BCUT2D eigenvalue weighted by molar-refractivity contribution is 0.146. The highest BCUT2D eigenvalue weighted by molar-refractivity contribution is 5.08. The Morgan fingerprint density at radius 1 is 1.44 bits per heavy atom. The maximum absolute atomic E-state index is 4.16. The van der Waals surface area contributed by atoms with Crippen LogP contribution in [0.25, 0.3) is 0 Å². The van der Waals surface area contributed by atoms with Gasteiger partial charge in [0.25, 0.3) is 0 Å². The van der Waals surface area contributed by atoms with Crippen LogP contribution in [0, 0.1) is 0 Å². The van der Waals surface area contributed by atoms with E-state index in [4.69, 9.17) is 0 Å². The molecule has 1 N–H and O–H groups in total. The SMILES string of the molecule is CNC1(C)CCN(Cc2cccnc2)CC1. The number of nitrogens with zero attached hydrogens (tertiary/aromatic N) is 2. The zero-order valence-electron chi connectivity index (χ0n) is 10.2. The zero-order chi connectivity index (χ0) is 11.4. The first kappa shape index (κ1) is 11.6. The van der Waals surface area contributed by atoms with Crippen molar-refractivity contribution in [2.75, 3.05) is 20.1 Å². The minimum absolute atomic E-state index is 0.339. The Balaban J connectivity index is 1.86. The van der Waals surface area contributed by atoms with E-state index >= 15 is 0 Å². The Labute approximate surface area is 97.9 Å². The molecule has 1 fully saturated rings. The van der Waals surface area contributed by atoms with Gasteiger partial charge >= 0.3 is 0 Å². The second-order valence-corrected chi connectivity index (χ2v) is 4.95. The van der Waals surface area contributed by atoms with Crippen LogP contribution in [0.4, 0.5) is 0 Å². The molecule has 1 aromatic heterocycles. The first-order valence-electron chi connectivity index (χ1n) is 6.02. The third-order valence-electron chi connectivity index (χ3n) is 3.69. The molecule has 0 bridgehead atoms. The largest absolute Gasteiger partial charge is 0.314 e. The summed E-state index contributed by atoms with van der Waals surface area (Å²) < 4.78 is 0. The van der Waals surface area contributed by atoms with Gasteiger partial charge in [-0.15, -0.1) is 0 Å². The molecule has 0 spiro atoms. The van der Waals surface area contributed by atoms with Gasteiger partial charge in [0.05, 0.1) is 0 Å². The summed E-state index contributed by atoms with van der Waals surface area (Å²) in [6, 6.07) is 4.16. The number of hydrogen-bond acceptors (Lipinski definition) is 3. The first-order chi connectivity index (χ1) is 7.72. The van der Waals surface area contributed by atoms with E-state index in [0.29, 0.717) is 5.54 Å². The van der Waals surface area contributed by atoms with Gasteiger partial charge < -0.3 is 5.32 Å². The Hall–Kier alpha value is -0.930. The number of likely N-dealkylation sites (tertiary alicyclic amines) is 1. The van der Waals surface area contributed by atoms with E-state index in [-0.39, 0.29) is 0 Å². The predicted octanol–water partition coefficient (Wildman–Crippen LogP) is 1.66. The Kier molecular flexibility index (Phi) is 3.56. The zero-order valence-corrected chi connectivity index (χ0v) is 10.2. The third-order valence-corrected chi connectivity index (χ3v) is 3.69. The molecule has 2 heterocycles. The van der Waals surface area contributed by atoms with Crippen LogP contribution in [-0.2, 0) is 6.54 Å². The van der Waals surface area contributed by atoms with Gasteiger partial charge in [-0.3, -0.25) is 9.88 Å². The molecule has 1 aliphatic heterocycles. The summed E-state index contributed by atoms with van der Waals surface area (Å²) in [7, 11) is 2.07. The molecular formula is C13H21N3. The maximum Gasteiger partial charge on any atom is 0.0312 e. The molecule has 0 radical (unpaired) electrons. The van der Waals surface area contributed by atoms with Gasteiger partial charge in [-0.05, 0) is 38.4 Å². The Bertz CT molecular complexity index is 315. The van der Waals surface area contributed by atoms with Gasteiger partial charge in [0, 0.05) is 37.6 Å². The van der Waals surface area contributed by atoms with Crippen LogP contribution >= 0.6 is 0 Å². The summed E-state index contributed by atoms with van der Waals surface area (Å²) in [4.78, 5) is 6.67. The smallest absolute Gasteiger partial charge is 0.0312 e. The average Bonchev–Trinajstić information content (AvgIpc) is 2.34. The molecular weight excluding hydrogens is 198 g/mol. The van der Waals surface area contributed by atoms with Crippen LogP contribution in [-0.4, -0.2) is 35.6 Å². The van der Waals surface area contributed by atoms with Gasteiger partial charge in [0.2, 0.25) is 0 Å². The summed E-state index contributed by atoms with van der Waals surface area (Å²) in [6.45, 7) is 5.69. The molecule has 3 nitrogen and oxygen atoms in total. The number of piperidine rings is 1. The molecule has 0 aliphatic carbocycles. The monoisotopic (exact) mass is 219 g/mol. The van der Waals surface area contributed by atoms with E-state index in [9.17, 15) is 0 Å². The highest BCUT2D eigenvalue weighted by Crippen LogP contribution is 2.22. The number of aromatic nitrogens is 1. The Morgan fingerprint density at radius 3 is 2.75 bits per heavy atom. The second-order valence-electron chi connectivity index (χ2n) is 4.95. The summed E-state index contributed by atoms with van der Waals surface area (Å²) in [5.41, 5.74) is 1.65. The van der Waals surface area contributed by atoms with Crippen LogP contribution in [0.15, 0.2) is 24.5 Å². The second kappa shape index (κ2) is 4.93. The van der Waals surface area contributed by atoms with Crippen LogP contribution < -0.4 is 5.32 Å². The molecule has 88 valence electrons. The van der Waals surface area contributed by atoms with E-state index in [1.807, 2.05) is 18.5 Å². The number of nitrogens with one attached hydrogen (secondary N) is 1. The lowest BCUT2D eigenvalue weighted by atomic mass is 9.90. The summed E-state index contributed by atoms with van der Waals surface area (Å²) >= 11 is 0. The van der Waals surface area contributed by atoms with E-state index in [0.717, 1.165) is 6.54 Å². The van der Waals surface area contributed by atoms with Crippen LogP contribution in [0.5, 0.6) is 0 Å².